The third kappa shape index (κ3) is 3.92. The fourth-order valence-corrected chi connectivity index (χ4v) is 3.12. The number of carbonyl (C=O) groups excluding carboxylic acids is 2. The Labute approximate surface area is 168 Å². The molecule has 0 N–H and O–H groups in total. The van der Waals surface area contributed by atoms with Crippen LogP contribution < -0.4 is 5.63 Å². The van der Waals surface area contributed by atoms with E-state index >= 15 is 0 Å². The maximum Gasteiger partial charge on any atom is 0.351 e. The van der Waals surface area contributed by atoms with Crippen LogP contribution in [0, 0.1) is 0 Å². The Bertz CT molecular complexity index is 1080. The molecule has 1 aromatic carbocycles. The molecular formula is C23H22O6. The average Bonchev–Trinajstić information content (AvgIpc) is 2.91. The first-order valence-corrected chi connectivity index (χ1v) is 9.34. The van der Waals surface area contributed by atoms with Crippen LogP contribution in [0.3, 0.4) is 0 Å². The molecule has 150 valence electrons. The molecule has 29 heavy (non-hydrogen) atoms. The number of rotatable bonds is 5. The van der Waals surface area contributed by atoms with E-state index in [4.69, 9.17) is 13.9 Å². The summed E-state index contributed by atoms with van der Waals surface area (Å²) in [6.07, 6.45) is 0. The maximum absolute atomic E-state index is 12.5. The van der Waals surface area contributed by atoms with Gasteiger partial charge in [0.1, 0.15) is 5.76 Å². The summed E-state index contributed by atoms with van der Waals surface area (Å²) in [5.74, 6) is -0.674. The molecule has 0 amide bonds. The van der Waals surface area contributed by atoms with Gasteiger partial charge in [0.05, 0.1) is 19.3 Å². The molecule has 1 aromatic rings. The van der Waals surface area contributed by atoms with Gasteiger partial charge in [-0.25, -0.2) is 14.4 Å². The minimum absolute atomic E-state index is 0.104. The quantitative estimate of drug-likeness (QED) is 0.593. The first-order chi connectivity index (χ1) is 13.9. The second-order valence-electron chi connectivity index (χ2n) is 6.84. The first-order valence-electron chi connectivity index (χ1n) is 9.34. The highest BCUT2D eigenvalue weighted by Crippen LogP contribution is 2.36. The molecule has 0 aromatic heterocycles. The third-order valence-corrected chi connectivity index (χ3v) is 4.67. The van der Waals surface area contributed by atoms with Crippen LogP contribution in [0.5, 0.6) is 0 Å². The van der Waals surface area contributed by atoms with Crippen LogP contribution in [0.15, 0.2) is 51.7 Å². The Morgan fingerprint density at radius 2 is 1.69 bits per heavy atom. The summed E-state index contributed by atoms with van der Waals surface area (Å²) >= 11 is 0. The fraction of sp³-hybridized carbons (Fsp3) is 0.261. The van der Waals surface area contributed by atoms with Gasteiger partial charge in [0.15, 0.2) is 5.56 Å². The predicted octanol–water partition coefficient (Wildman–Crippen LogP) is 4.50. The summed E-state index contributed by atoms with van der Waals surface area (Å²) < 4.78 is 15.3. The van der Waals surface area contributed by atoms with E-state index in [9.17, 15) is 14.4 Å². The molecule has 0 bridgehead atoms. The fourth-order valence-electron chi connectivity index (χ4n) is 3.12. The van der Waals surface area contributed by atoms with Gasteiger partial charge in [-0.3, -0.25) is 0 Å². The Balaban J connectivity index is 2.23. The molecule has 6 nitrogen and oxygen atoms in total. The normalized spacial score (nSPS) is 10.9. The van der Waals surface area contributed by atoms with Crippen molar-refractivity contribution in [3.63, 3.8) is 0 Å². The summed E-state index contributed by atoms with van der Waals surface area (Å²) in [7, 11) is 1.32. The number of carbonyl (C=O) groups is 2. The molecule has 0 radical (unpaired) electrons. The van der Waals surface area contributed by atoms with Crippen LogP contribution in [0.1, 0.15) is 53.0 Å². The van der Waals surface area contributed by atoms with E-state index in [1.54, 1.807) is 37.3 Å². The van der Waals surface area contributed by atoms with Gasteiger partial charge in [-0.15, -0.1) is 0 Å². The number of hydrogen-bond acceptors (Lipinski definition) is 6. The van der Waals surface area contributed by atoms with Crippen LogP contribution in [0.25, 0.3) is 22.5 Å². The lowest BCUT2D eigenvalue weighted by molar-refractivity contribution is 0.0523. The molecule has 2 aliphatic rings. The van der Waals surface area contributed by atoms with E-state index in [0.717, 1.165) is 11.1 Å². The molecule has 3 rings (SSSR count). The van der Waals surface area contributed by atoms with Crippen LogP contribution in [-0.2, 0) is 9.47 Å². The summed E-state index contributed by atoms with van der Waals surface area (Å²) in [4.78, 5) is 36.6. The number of furan rings is 1. The van der Waals surface area contributed by atoms with E-state index in [2.05, 4.69) is 0 Å². The van der Waals surface area contributed by atoms with Gasteiger partial charge in [0.2, 0.25) is 0 Å². The van der Waals surface area contributed by atoms with Crippen molar-refractivity contribution in [2.75, 3.05) is 13.7 Å². The monoisotopic (exact) mass is 394 g/mol. The third-order valence-electron chi connectivity index (χ3n) is 4.67. The van der Waals surface area contributed by atoms with Crippen LogP contribution >= 0.6 is 0 Å². The molecule has 0 saturated carbocycles. The van der Waals surface area contributed by atoms with E-state index in [-0.39, 0.29) is 18.1 Å². The largest absolute Gasteiger partial charge is 0.465 e. The minimum atomic E-state index is -0.730. The molecule has 1 heterocycles. The van der Waals surface area contributed by atoms with Crippen molar-refractivity contribution in [2.24, 2.45) is 0 Å². The van der Waals surface area contributed by atoms with Crippen molar-refractivity contribution in [2.45, 2.75) is 26.7 Å². The van der Waals surface area contributed by atoms with Gasteiger partial charge < -0.3 is 13.9 Å². The molecule has 0 spiro atoms. The number of fused-ring (bicyclic) bond motifs is 1. The summed E-state index contributed by atoms with van der Waals surface area (Å²) in [6, 6.07) is 12.3. The number of ether oxygens (including phenoxy) is 2. The van der Waals surface area contributed by atoms with E-state index < -0.39 is 17.6 Å². The second-order valence-corrected chi connectivity index (χ2v) is 6.84. The van der Waals surface area contributed by atoms with Crippen molar-refractivity contribution >= 4 is 11.9 Å². The SMILES string of the molecule is CCOC(=O)c1c2cc(C(C)C)ccc(-c3ccc(C(=O)OC)cc3)c-2oc1=O. The second kappa shape index (κ2) is 8.31. The standard InChI is InChI=1S/C23H22O6/c1-5-28-22(25)19-18-12-16(13(2)3)10-11-17(20(18)29-23(19)26)14-6-8-15(9-7-14)21(24)27-4/h6-13H,5H2,1-4H3. The van der Waals surface area contributed by atoms with Gasteiger partial charge in [0, 0.05) is 11.1 Å². The molecule has 0 fully saturated rings. The predicted molar refractivity (Wildman–Crippen MR) is 108 cm³/mol. The van der Waals surface area contributed by atoms with Gasteiger partial charge >= 0.3 is 17.6 Å². The van der Waals surface area contributed by atoms with Crippen molar-refractivity contribution in [1.29, 1.82) is 0 Å². The van der Waals surface area contributed by atoms with Crippen LogP contribution in [-0.4, -0.2) is 25.7 Å². The average molecular weight is 394 g/mol. The van der Waals surface area contributed by atoms with Gasteiger partial charge in [-0.1, -0.05) is 38.1 Å². The highest BCUT2D eigenvalue weighted by atomic mass is 16.5. The molecular weight excluding hydrogens is 372 g/mol. The summed E-state index contributed by atoms with van der Waals surface area (Å²) in [6.45, 7) is 5.88. The summed E-state index contributed by atoms with van der Waals surface area (Å²) in [5, 5.41) is 0. The smallest absolute Gasteiger partial charge is 0.351 e. The number of benzene rings is 1. The van der Waals surface area contributed by atoms with Crippen molar-refractivity contribution in [3.05, 3.63) is 69.6 Å². The molecule has 0 atom stereocenters. The molecule has 0 saturated heterocycles. The van der Waals surface area contributed by atoms with E-state index in [1.807, 2.05) is 26.0 Å². The summed E-state index contributed by atoms with van der Waals surface area (Å²) in [5.41, 5.74) is 2.30. The lowest BCUT2D eigenvalue weighted by Gasteiger charge is -2.05. The Hall–Kier alpha value is -3.41. The van der Waals surface area contributed by atoms with Crippen LogP contribution in [0.2, 0.25) is 0 Å². The molecule has 6 heteroatoms. The van der Waals surface area contributed by atoms with E-state index in [0.29, 0.717) is 22.5 Å². The maximum atomic E-state index is 12.5. The highest BCUT2D eigenvalue weighted by Gasteiger charge is 2.27. The topological polar surface area (TPSA) is 82.8 Å². The number of methoxy groups -OCH3 is 1. The minimum Gasteiger partial charge on any atom is -0.465 e. The Morgan fingerprint density at radius 3 is 2.28 bits per heavy atom. The number of hydrogen-bond donors (Lipinski definition) is 0. The zero-order chi connectivity index (χ0) is 21.1. The molecule has 1 aliphatic carbocycles. The Kier molecular flexibility index (Phi) is 5.82. The van der Waals surface area contributed by atoms with Gasteiger partial charge in [-0.2, -0.15) is 0 Å². The zero-order valence-corrected chi connectivity index (χ0v) is 16.8. The van der Waals surface area contributed by atoms with Crippen molar-refractivity contribution < 1.29 is 23.5 Å². The lowest BCUT2D eigenvalue weighted by Crippen LogP contribution is -2.13. The zero-order valence-electron chi connectivity index (χ0n) is 16.8. The first kappa shape index (κ1) is 20.3. The highest BCUT2D eigenvalue weighted by molar-refractivity contribution is 5.99. The number of esters is 2. The van der Waals surface area contributed by atoms with E-state index in [1.165, 1.54) is 7.11 Å². The molecule has 1 aliphatic heterocycles. The van der Waals surface area contributed by atoms with Crippen molar-refractivity contribution in [1.82, 2.24) is 0 Å². The van der Waals surface area contributed by atoms with Gasteiger partial charge in [-0.05, 0) is 42.2 Å². The van der Waals surface area contributed by atoms with Gasteiger partial charge in [0.25, 0.3) is 0 Å². The van der Waals surface area contributed by atoms with Crippen LogP contribution in [0.4, 0.5) is 0 Å². The Morgan fingerprint density at radius 1 is 1.00 bits per heavy atom. The van der Waals surface area contributed by atoms with Crippen molar-refractivity contribution in [3.8, 4) is 22.5 Å². The lowest BCUT2D eigenvalue weighted by atomic mass is 9.99. The molecule has 0 unspecified atom stereocenters.